The zero-order valence-corrected chi connectivity index (χ0v) is 14.5. The number of hydrogen-bond donors (Lipinski definition) is 0. The summed E-state index contributed by atoms with van der Waals surface area (Å²) in [6.07, 6.45) is 0. The number of rotatable bonds is 4. The predicted octanol–water partition coefficient (Wildman–Crippen LogP) is 6.18. The van der Waals surface area contributed by atoms with Gasteiger partial charge in [-0.05, 0) is 57.2 Å². The number of hydrogen-bond acceptors (Lipinski definition) is 2. The third-order valence-electron chi connectivity index (χ3n) is 3.33. The van der Waals surface area contributed by atoms with Gasteiger partial charge in [0.1, 0.15) is 17.2 Å². The van der Waals surface area contributed by atoms with Gasteiger partial charge in [-0.15, -0.1) is 0 Å². The largest absolute Gasteiger partial charge is 0.494 e. The van der Waals surface area contributed by atoms with E-state index in [1.807, 2.05) is 85.8 Å². The average molecular weight is 320 g/mol. The fraction of sp³-hybridized carbons (Fsp3) is 0.182. The van der Waals surface area contributed by atoms with Gasteiger partial charge in [-0.1, -0.05) is 53.6 Å². The van der Waals surface area contributed by atoms with Crippen molar-refractivity contribution in [2.24, 2.45) is 0 Å². The van der Waals surface area contributed by atoms with E-state index in [4.69, 9.17) is 9.47 Å². The number of benzene rings is 3. The average Bonchev–Trinajstić information content (AvgIpc) is 2.61. The highest BCUT2D eigenvalue weighted by atomic mass is 16.5. The van der Waals surface area contributed by atoms with Crippen LogP contribution in [0.15, 0.2) is 78.9 Å². The summed E-state index contributed by atoms with van der Waals surface area (Å²) >= 11 is 0. The lowest BCUT2D eigenvalue weighted by atomic mass is 10.2. The fourth-order valence-corrected chi connectivity index (χ4v) is 2.03. The van der Waals surface area contributed by atoms with Crippen molar-refractivity contribution in [1.29, 1.82) is 0 Å². The molecule has 0 aliphatic carbocycles. The van der Waals surface area contributed by atoms with Crippen LogP contribution in [-0.2, 0) is 0 Å². The van der Waals surface area contributed by atoms with Gasteiger partial charge in [-0.25, -0.2) is 0 Å². The fourth-order valence-electron chi connectivity index (χ4n) is 2.03. The summed E-state index contributed by atoms with van der Waals surface area (Å²) in [5.41, 5.74) is 2.51. The van der Waals surface area contributed by atoms with E-state index in [0.717, 1.165) is 23.9 Å². The van der Waals surface area contributed by atoms with Gasteiger partial charge in [-0.2, -0.15) is 0 Å². The third-order valence-corrected chi connectivity index (χ3v) is 3.33. The molecule has 0 N–H and O–H groups in total. The molecule has 3 aromatic carbocycles. The SMILES string of the molecule is CCOc1ccc(C)cc1.Cc1ccc(Oc2ccccc2)cc1. The Kier molecular flexibility index (Phi) is 6.91. The summed E-state index contributed by atoms with van der Waals surface area (Å²) in [5, 5.41) is 0. The van der Waals surface area contributed by atoms with Crippen molar-refractivity contribution in [1.82, 2.24) is 0 Å². The first-order chi connectivity index (χ1) is 11.7. The Hall–Kier alpha value is -2.74. The lowest BCUT2D eigenvalue weighted by Crippen LogP contribution is -1.90. The molecule has 0 amide bonds. The van der Waals surface area contributed by atoms with E-state index >= 15 is 0 Å². The molecule has 2 heteroatoms. The van der Waals surface area contributed by atoms with Crippen molar-refractivity contribution in [2.45, 2.75) is 20.8 Å². The quantitative estimate of drug-likeness (QED) is 0.571. The molecular formula is C22H24O2. The highest BCUT2D eigenvalue weighted by molar-refractivity contribution is 5.32. The lowest BCUT2D eigenvalue weighted by molar-refractivity contribution is 0.340. The standard InChI is InChI=1S/C13H12O.C9H12O/c1-11-7-9-13(10-8-11)14-12-5-3-2-4-6-12;1-3-10-9-6-4-8(2)5-7-9/h2-10H,1H3;4-7H,3H2,1-2H3. The molecule has 0 saturated heterocycles. The number of para-hydroxylation sites is 1. The zero-order valence-electron chi connectivity index (χ0n) is 14.5. The van der Waals surface area contributed by atoms with Gasteiger partial charge in [0.25, 0.3) is 0 Å². The summed E-state index contributed by atoms with van der Waals surface area (Å²) in [6.45, 7) is 6.85. The maximum atomic E-state index is 5.63. The molecule has 0 aliphatic rings. The van der Waals surface area contributed by atoms with Gasteiger partial charge >= 0.3 is 0 Å². The molecule has 0 heterocycles. The molecule has 0 aliphatic heterocycles. The van der Waals surface area contributed by atoms with Crippen LogP contribution in [0.3, 0.4) is 0 Å². The van der Waals surface area contributed by atoms with E-state index in [1.54, 1.807) is 0 Å². The lowest BCUT2D eigenvalue weighted by Gasteiger charge is -2.04. The minimum atomic E-state index is 0.739. The predicted molar refractivity (Wildman–Crippen MR) is 100 cm³/mol. The molecule has 0 fully saturated rings. The van der Waals surface area contributed by atoms with Crippen LogP contribution in [0, 0.1) is 13.8 Å². The molecule has 0 aromatic heterocycles. The van der Waals surface area contributed by atoms with Crippen LogP contribution in [0.4, 0.5) is 0 Å². The Morgan fingerprint density at radius 3 is 1.54 bits per heavy atom. The maximum absolute atomic E-state index is 5.63. The summed E-state index contributed by atoms with van der Waals surface area (Å²) in [4.78, 5) is 0. The summed E-state index contributed by atoms with van der Waals surface area (Å²) < 4.78 is 10.9. The topological polar surface area (TPSA) is 18.5 Å². The molecule has 0 radical (unpaired) electrons. The van der Waals surface area contributed by atoms with Crippen LogP contribution in [-0.4, -0.2) is 6.61 Å². The van der Waals surface area contributed by atoms with Gasteiger partial charge in [0.15, 0.2) is 0 Å². The van der Waals surface area contributed by atoms with E-state index in [2.05, 4.69) is 13.8 Å². The molecule has 124 valence electrons. The number of aryl methyl sites for hydroxylation is 2. The van der Waals surface area contributed by atoms with Crippen LogP contribution in [0.2, 0.25) is 0 Å². The first-order valence-electron chi connectivity index (χ1n) is 8.16. The summed E-state index contributed by atoms with van der Waals surface area (Å²) in [5.74, 6) is 2.70. The Morgan fingerprint density at radius 1 is 0.583 bits per heavy atom. The second kappa shape index (κ2) is 9.41. The molecule has 0 bridgehead atoms. The van der Waals surface area contributed by atoms with E-state index in [0.29, 0.717) is 0 Å². The first kappa shape index (κ1) is 17.6. The molecule has 0 saturated carbocycles. The van der Waals surface area contributed by atoms with E-state index in [9.17, 15) is 0 Å². The Morgan fingerprint density at radius 2 is 1.04 bits per heavy atom. The van der Waals surface area contributed by atoms with Crippen molar-refractivity contribution in [3.05, 3.63) is 90.0 Å². The van der Waals surface area contributed by atoms with Gasteiger partial charge < -0.3 is 9.47 Å². The highest BCUT2D eigenvalue weighted by Crippen LogP contribution is 2.20. The van der Waals surface area contributed by atoms with E-state index in [1.165, 1.54) is 11.1 Å². The van der Waals surface area contributed by atoms with Crippen LogP contribution in [0.25, 0.3) is 0 Å². The van der Waals surface area contributed by atoms with Crippen LogP contribution in [0.1, 0.15) is 18.1 Å². The number of ether oxygens (including phenoxy) is 2. The van der Waals surface area contributed by atoms with Crippen molar-refractivity contribution in [2.75, 3.05) is 6.61 Å². The van der Waals surface area contributed by atoms with Gasteiger partial charge in [0.05, 0.1) is 6.61 Å². The Labute approximate surface area is 144 Å². The second-order valence-corrected chi connectivity index (χ2v) is 5.47. The first-order valence-corrected chi connectivity index (χ1v) is 8.16. The van der Waals surface area contributed by atoms with Gasteiger partial charge in [0, 0.05) is 0 Å². The van der Waals surface area contributed by atoms with Crippen molar-refractivity contribution >= 4 is 0 Å². The highest BCUT2D eigenvalue weighted by Gasteiger charge is 1.94. The Bertz CT molecular complexity index is 701. The van der Waals surface area contributed by atoms with Gasteiger partial charge in [-0.3, -0.25) is 0 Å². The minimum absolute atomic E-state index is 0.739. The van der Waals surface area contributed by atoms with Crippen molar-refractivity contribution in [3.8, 4) is 17.2 Å². The van der Waals surface area contributed by atoms with Crippen LogP contribution >= 0.6 is 0 Å². The van der Waals surface area contributed by atoms with Crippen LogP contribution < -0.4 is 9.47 Å². The van der Waals surface area contributed by atoms with E-state index < -0.39 is 0 Å². The smallest absolute Gasteiger partial charge is 0.127 e. The molecule has 24 heavy (non-hydrogen) atoms. The normalized spacial score (nSPS) is 9.62. The maximum Gasteiger partial charge on any atom is 0.127 e. The zero-order chi connectivity index (χ0) is 17.2. The Balaban J connectivity index is 0.000000185. The molecule has 0 unspecified atom stereocenters. The molecule has 2 nitrogen and oxygen atoms in total. The minimum Gasteiger partial charge on any atom is -0.494 e. The monoisotopic (exact) mass is 320 g/mol. The van der Waals surface area contributed by atoms with Crippen molar-refractivity contribution in [3.63, 3.8) is 0 Å². The molecule has 3 rings (SSSR count). The van der Waals surface area contributed by atoms with Gasteiger partial charge in [0.2, 0.25) is 0 Å². The van der Waals surface area contributed by atoms with E-state index in [-0.39, 0.29) is 0 Å². The molecular weight excluding hydrogens is 296 g/mol. The van der Waals surface area contributed by atoms with Crippen molar-refractivity contribution < 1.29 is 9.47 Å². The molecule has 3 aromatic rings. The third kappa shape index (κ3) is 6.17. The molecule has 0 spiro atoms. The second-order valence-electron chi connectivity index (χ2n) is 5.47. The summed E-state index contributed by atoms with van der Waals surface area (Å²) in [7, 11) is 0. The summed E-state index contributed by atoms with van der Waals surface area (Å²) in [6, 6.07) is 25.9. The molecule has 0 atom stereocenters. The van der Waals surface area contributed by atoms with Crippen LogP contribution in [0.5, 0.6) is 17.2 Å².